The van der Waals surface area contributed by atoms with Gasteiger partial charge in [0, 0.05) is 19.2 Å². The molecule has 1 aliphatic rings. The highest BCUT2D eigenvalue weighted by atomic mass is 16.5. The number of benzene rings is 2. The second kappa shape index (κ2) is 6.12. The van der Waals surface area contributed by atoms with E-state index in [2.05, 4.69) is 4.74 Å². The Hall–Kier alpha value is -2.82. The Morgan fingerprint density at radius 1 is 1.17 bits per heavy atom. The average molecular weight is 311 g/mol. The fourth-order valence-electron chi connectivity index (χ4n) is 2.55. The van der Waals surface area contributed by atoms with Gasteiger partial charge in [-0.1, -0.05) is 12.1 Å². The van der Waals surface area contributed by atoms with Crippen molar-refractivity contribution in [3.63, 3.8) is 0 Å². The second-order valence-electron chi connectivity index (χ2n) is 5.46. The maximum atomic E-state index is 11.8. The Labute approximate surface area is 134 Å². The van der Waals surface area contributed by atoms with Crippen LogP contribution in [-0.2, 0) is 17.9 Å². The van der Waals surface area contributed by atoms with Gasteiger partial charge in [-0.25, -0.2) is 4.79 Å². The lowest BCUT2D eigenvalue weighted by Crippen LogP contribution is -2.17. The number of methoxy groups -OCH3 is 1. The van der Waals surface area contributed by atoms with E-state index < -0.39 is 0 Å². The third-order valence-electron chi connectivity index (χ3n) is 3.84. The van der Waals surface area contributed by atoms with Gasteiger partial charge in [0.25, 0.3) is 5.91 Å². The van der Waals surface area contributed by atoms with Crippen molar-refractivity contribution in [2.24, 2.45) is 0 Å². The minimum Gasteiger partial charge on any atom is -0.489 e. The number of rotatable bonds is 4. The molecule has 23 heavy (non-hydrogen) atoms. The summed E-state index contributed by atoms with van der Waals surface area (Å²) in [7, 11) is 3.14. The van der Waals surface area contributed by atoms with Crippen molar-refractivity contribution in [3.8, 4) is 5.75 Å². The molecule has 0 aliphatic carbocycles. The third kappa shape index (κ3) is 3.04. The maximum absolute atomic E-state index is 11.8. The SMILES string of the molecule is COC(=O)c1ccc(COc2ccc3c(c2)CN(C)C3=O)cc1. The monoisotopic (exact) mass is 311 g/mol. The predicted octanol–water partition coefficient (Wildman–Crippen LogP) is 2.64. The van der Waals surface area contributed by atoms with Crippen LogP contribution < -0.4 is 4.74 Å². The van der Waals surface area contributed by atoms with E-state index in [0.29, 0.717) is 18.7 Å². The fourth-order valence-corrected chi connectivity index (χ4v) is 2.55. The summed E-state index contributed by atoms with van der Waals surface area (Å²) in [6, 6.07) is 12.6. The molecule has 0 atom stereocenters. The lowest BCUT2D eigenvalue weighted by atomic mass is 10.1. The van der Waals surface area contributed by atoms with Crippen LogP contribution in [-0.4, -0.2) is 30.9 Å². The van der Waals surface area contributed by atoms with Crippen LogP contribution in [0.2, 0.25) is 0 Å². The first-order chi connectivity index (χ1) is 11.1. The molecule has 0 spiro atoms. The van der Waals surface area contributed by atoms with E-state index in [0.717, 1.165) is 22.4 Å². The van der Waals surface area contributed by atoms with Crippen LogP contribution in [0.3, 0.4) is 0 Å². The number of hydrogen-bond donors (Lipinski definition) is 0. The maximum Gasteiger partial charge on any atom is 0.337 e. The molecule has 118 valence electrons. The number of fused-ring (bicyclic) bond motifs is 1. The number of esters is 1. The average Bonchev–Trinajstić information content (AvgIpc) is 2.86. The first-order valence-electron chi connectivity index (χ1n) is 7.27. The number of ether oxygens (including phenoxy) is 2. The van der Waals surface area contributed by atoms with Crippen LogP contribution in [0, 0.1) is 0 Å². The summed E-state index contributed by atoms with van der Waals surface area (Å²) in [5.74, 6) is 0.415. The van der Waals surface area contributed by atoms with Gasteiger partial charge in [0.05, 0.1) is 12.7 Å². The Morgan fingerprint density at radius 3 is 2.61 bits per heavy atom. The molecule has 0 N–H and O–H groups in total. The molecule has 0 unspecified atom stereocenters. The molecule has 0 aromatic heterocycles. The van der Waals surface area contributed by atoms with E-state index in [-0.39, 0.29) is 11.9 Å². The summed E-state index contributed by atoms with van der Waals surface area (Å²) in [6.45, 7) is 1.00. The van der Waals surface area contributed by atoms with Crippen molar-refractivity contribution in [2.75, 3.05) is 14.2 Å². The molecule has 0 radical (unpaired) electrons. The molecule has 2 aromatic carbocycles. The van der Waals surface area contributed by atoms with Crippen LogP contribution in [0.4, 0.5) is 0 Å². The number of carbonyl (C=O) groups excluding carboxylic acids is 2. The fraction of sp³-hybridized carbons (Fsp3) is 0.222. The minimum absolute atomic E-state index is 0.0462. The molecule has 0 fully saturated rings. The lowest BCUT2D eigenvalue weighted by molar-refractivity contribution is 0.0600. The van der Waals surface area contributed by atoms with Gasteiger partial charge >= 0.3 is 5.97 Å². The van der Waals surface area contributed by atoms with Crippen LogP contribution >= 0.6 is 0 Å². The highest BCUT2D eigenvalue weighted by Crippen LogP contribution is 2.26. The zero-order valence-corrected chi connectivity index (χ0v) is 13.0. The quantitative estimate of drug-likeness (QED) is 0.815. The molecule has 1 aliphatic heterocycles. The molecule has 0 bridgehead atoms. The first kappa shape index (κ1) is 15.1. The van der Waals surface area contributed by atoms with Crippen molar-refractivity contribution in [3.05, 3.63) is 64.7 Å². The van der Waals surface area contributed by atoms with E-state index in [1.54, 1.807) is 36.2 Å². The summed E-state index contributed by atoms with van der Waals surface area (Å²) >= 11 is 0. The molecule has 5 nitrogen and oxygen atoms in total. The molecular weight excluding hydrogens is 294 g/mol. The highest BCUT2D eigenvalue weighted by Gasteiger charge is 2.24. The van der Waals surface area contributed by atoms with Gasteiger partial charge < -0.3 is 14.4 Å². The Kier molecular flexibility index (Phi) is 4.02. The van der Waals surface area contributed by atoms with Crippen molar-refractivity contribution in [1.29, 1.82) is 0 Å². The van der Waals surface area contributed by atoms with Crippen molar-refractivity contribution >= 4 is 11.9 Å². The summed E-state index contributed by atoms with van der Waals surface area (Å²) in [5.41, 5.74) is 3.18. The zero-order chi connectivity index (χ0) is 16.4. The van der Waals surface area contributed by atoms with Gasteiger partial charge in [-0.05, 0) is 41.5 Å². The molecule has 3 rings (SSSR count). The minimum atomic E-state index is -0.357. The van der Waals surface area contributed by atoms with Crippen LogP contribution in [0.25, 0.3) is 0 Å². The van der Waals surface area contributed by atoms with E-state index in [1.807, 2.05) is 18.2 Å². The molecule has 1 heterocycles. The largest absolute Gasteiger partial charge is 0.489 e. The molecule has 0 saturated heterocycles. The van der Waals surface area contributed by atoms with Gasteiger partial charge in [-0.2, -0.15) is 0 Å². The molecule has 0 saturated carbocycles. The van der Waals surface area contributed by atoms with Gasteiger partial charge in [0.1, 0.15) is 12.4 Å². The molecule has 2 aromatic rings. The van der Waals surface area contributed by atoms with E-state index in [1.165, 1.54) is 7.11 Å². The third-order valence-corrected chi connectivity index (χ3v) is 3.84. The highest BCUT2D eigenvalue weighted by molar-refractivity contribution is 5.98. The predicted molar refractivity (Wildman–Crippen MR) is 84.4 cm³/mol. The number of amides is 1. The Balaban J connectivity index is 1.66. The van der Waals surface area contributed by atoms with Crippen LogP contribution in [0.1, 0.15) is 31.8 Å². The van der Waals surface area contributed by atoms with Crippen molar-refractivity contribution in [1.82, 2.24) is 4.90 Å². The molecule has 5 heteroatoms. The molecule has 1 amide bonds. The second-order valence-corrected chi connectivity index (χ2v) is 5.46. The smallest absolute Gasteiger partial charge is 0.337 e. The van der Waals surface area contributed by atoms with Crippen LogP contribution in [0.15, 0.2) is 42.5 Å². The standard InChI is InChI=1S/C18H17NO4/c1-19-10-14-9-15(7-8-16(14)17(19)20)23-11-12-3-5-13(6-4-12)18(21)22-2/h3-9H,10-11H2,1-2H3. The van der Waals surface area contributed by atoms with Gasteiger partial charge in [0.2, 0.25) is 0 Å². The normalized spacial score (nSPS) is 13.0. The summed E-state index contributed by atoms with van der Waals surface area (Å²) in [6.07, 6.45) is 0. The van der Waals surface area contributed by atoms with Crippen molar-refractivity contribution < 1.29 is 19.1 Å². The molecular formula is C18H17NO4. The van der Waals surface area contributed by atoms with Gasteiger partial charge in [-0.15, -0.1) is 0 Å². The summed E-state index contributed by atoms with van der Waals surface area (Å²) < 4.78 is 10.4. The summed E-state index contributed by atoms with van der Waals surface area (Å²) in [4.78, 5) is 24.9. The van der Waals surface area contributed by atoms with E-state index in [9.17, 15) is 9.59 Å². The lowest BCUT2D eigenvalue weighted by Gasteiger charge is -2.08. The van der Waals surface area contributed by atoms with Gasteiger partial charge in [0.15, 0.2) is 0 Å². The Morgan fingerprint density at radius 2 is 1.91 bits per heavy atom. The first-order valence-corrected chi connectivity index (χ1v) is 7.27. The summed E-state index contributed by atoms with van der Waals surface area (Å²) in [5, 5.41) is 0. The number of hydrogen-bond acceptors (Lipinski definition) is 4. The topological polar surface area (TPSA) is 55.8 Å². The Bertz CT molecular complexity index is 752. The zero-order valence-electron chi connectivity index (χ0n) is 13.0. The van der Waals surface area contributed by atoms with Gasteiger partial charge in [-0.3, -0.25) is 4.79 Å². The van der Waals surface area contributed by atoms with Crippen molar-refractivity contribution in [2.45, 2.75) is 13.2 Å². The van der Waals surface area contributed by atoms with Crippen LogP contribution in [0.5, 0.6) is 5.75 Å². The number of nitrogens with zero attached hydrogens (tertiary/aromatic N) is 1. The van der Waals surface area contributed by atoms with E-state index >= 15 is 0 Å². The van der Waals surface area contributed by atoms with E-state index in [4.69, 9.17) is 4.74 Å². The number of carbonyl (C=O) groups is 2.